The average molecular weight is 360 g/mol. The summed E-state index contributed by atoms with van der Waals surface area (Å²) in [6, 6.07) is 10.2. The van der Waals surface area contributed by atoms with Crippen molar-refractivity contribution in [2.45, 2.75) is 11.9 Å². The van der Waals surface area contributed by atoms with E-state index in [4.69, 9.17) is 0 Å². The fraction of sp³-hybridized carbons (Fsp3) is 0.214. The van der Waals surface area contributed by atoms with Gasteiger partial charge in [0.25, 0.3) is 0 Å². The van der Waals surface area contributed by atoms with Gasteiger partial charge in [0.2, 0.25) is 13.6 Å². The molecule has 0 aliphatic rings. The first-order valence-electron chi connectivity index (χ1n) is 6.67. The zero-order valence-corrected chi connectivity index (χ0v) is 14.1. The van der Waals surface area contributed by atoms with Gasteiger partial charge in [0, 0.05) is 12.2 Å². The van der Waals surface area contributed by atoms with Crippen LogP contribution in [0.1, 0.15) is 0 Å². The summed E-state index contributed by atoms with van der Waals surface area (Å²) in [5, 5.41) is -1.79. The van der Waals surface area contributed by atoms with Crippen molar-refractivity contribution < 1.29 is 32.8 Å². The molecule has 124 valence electrons. The molecule has 0 aliphatic carbocycles. The molecule has 0 bridgehead atoms. The Balaban J connectivity index is 2.43. The Morgan fingerprint density at radius 1 is 1.09 bits per heavy atom. The molecule has 3 N–H and O–H groups in total. The molecule has 0 amide bonds. The highest BCUT2D eigenvalue weighted by Crippen LogP contribution is 2.60. The lowest BCUT2D eigenvalue weighted by Gasteiger charge is -2.18. The Hall–Kier alpha value is -1.36. The minimum atomic E-state index is -4.82. The van der Waals surface area contributed by atoms with Crippen LogP contribution in [0.2, 0.25) is 0 Å². The topological polar surface area (TPSA) is 98.7 Å². The molecule has 0 spiro atoms. The number of aromatic nitrogens is 1. The minimum absolute atomic E-state index is 0.466. The maximum atomic E-state index is 13.8. The standard InChI is InChI=1S/C14H16FNO5P2/c1-22(17,18)14(23(19,20)21)10-16-8-12(7-13(15)9-16)11-5-3-2-4-6-11/h2-9,14H,10H2,1H3,(H2-,17,18,19,20,21)/p+1. The van der Waals surface area contributed by atoms with E-state index >= 15 is 0 Å². The molecule has 0 fully saturated rings. The molecule has 23 heavy (non-hydrogen) atoms. The Morgan fingerprint density at radius 3 is 2.22 bits per heavy atom. The Labute approximate surface area is 132 Å². The van der Waals surface area contributed by atoms with E-state index in [9.17, 15) is 28.2 Å². The quantitative estimate of drug-likeness (QED) is 0.561. The highest BCUT2D eigenvalue weighted by molar-refractivity contribution is 7.73. The van der Waals surface area contributed by atoms with Crippen molar-refractivity contribution in [3.63, 3.8) is 0 Å². The molecule has 2 aromatic rings. The lowest BCUT2D eigenvalue weighted by atomic mass is 10.1. The van der Waals surface area contributed by atoms with E-state index in [0.717, 1.165) is 18.4 Å². The summed E-state index contributed by atoms with van der Waals surface area (Å²) in [7, 11) is -8.89. The van der Waals surface area contributed by atoms with Crippen LogP contribution in [0.25, 0.3) is 11.1 Å². The molecule has 1 heterocycles. The number of rotatable bonds is 5. The molecule has 9 heteroatoms. The number of nitrogens with zero attached hydrogens (tertiary/aromatic N) is 1. The van der Waals surface area contributed by atoms with Crippen molar-refractivity contribution >= 4 is 15.0 Å². The molecular weight excluding hydrogens is 343 g/mol. The van der Waals surface area contributed by atoms with Crippen LogP contribution in [0.5, 0.6) is 0 Å². The first-order valence-corrected chi connectivity index (χ1v) is 10.5. The Morgan fingerprint density at radius 2 is 1.70 bits per heavy atom. The lowest BCUT2D eigenvalue weighted by Crippen LogP contribution is -2.39. The smallest absolute Gasteiger partial charge is 0.344 e. The molecule has 2 unspecified atom stereocenters. The van der Waals surface area contributed by atoms with E-state index in [1.54, 1.807) is 30.3 Å². The van der Waals surface area contributed by atoms with Crippen molar-refractivity contribution in [2.24, 2.45) is 0 Å². The minimum Gasteiger partial charge on any atom is -0.344 e. The number of hydrogen-bond donors (Lipinski definition) is 3. The molecule has 0 radical (unpaired) electrons. The van der Waals surface area contributed by atoms with Crippen LogP contribution in [-0.4, -0.2) is 26.7 Å². The van der Waals surface area contributed by atoms with E-state index in [-0.39, 0.29) is 0 Å². The van der Waals surface area contributed by atoms with Gasteiger partial charge in [-0.1, -0.05) is 30.3 Å². The lowest BCUT2D eigenvalue weighted by molar-refractivity contribution is -0.695. The molecule has 0 saturated heterocycles. The van der Waals surface area contributed by atoms with Gasteiger partial charge in [-0.2, -0.15) is 0 Å². The van der Waals surface area contributed by atoms with Crippen molar-refractivity contribution in [3.05, 3.63) is 54.6 Å². The molecule has 0 saturated carbocycles. The van der Waals surface area contributed by atoms with Crippen molar-refractivity contribution in [2.75, 3.05) is 6.66 Å². The normalized spacial score (nSPS) is 15.9. The van der Waals surface area contributed by atoms with Gasteiger partial charge in [0.15, 0.2) is 24.0 Å². The van der Waals surface area contributed by atoms with Gasteiger partial charge in [-0.05, 0) is 11.6 Å². The highest BCUT2D eigenvalue weighted by Gasteiger charge is 2.44. The van der Waals surface area contributed by atoms with Gasteiger partial charge in [-0.3, -0.25) is 9.13 Å². The summed E-state index contributed by atoms with van der Waals surface area (Å²) in [6.45, 7) is 0.418. The van der Waals surface area contributed by atoms with Crippen LogP contribution in [0, 0.1) is 5.82 Å². The summed E-state index contributed by atoms with van der Waals surface area (Å²) in [4.78, 5) is 28.2. The Bertz CT molecular complexity index is 765. The fourth-order valence-electron chi connectivity index (χ4n) is 2.22. The summed E-state index contributed by atoms with van der Waals surface area (Å²) >= 11 is 0. The van der Waals surface area contributed by atoms with E-state index in [1.165, 1.54) is 16.8 Å². The van der Waals surface area contributed by atoms with Gasteiger partial charge in [0.05, 0.1) is 0 Å². The summed E-state index contributed by atoms with van der Waals surface area (Å²) in [6.07, 6.45) is 2.52. The molecule has 6 nitrogen and oxygen atoms in total. The SMILES string of the molecule is CP(=O)(O)C(C[n+]1cc(F)cc(-c2ccccc2)c1)P(=O)(O)O. The molecule has 1 aromatic heterocycles. The molecule has 2 rings (SSSR count). The predicted octanol–water partition coefficient (Wildman–Crippen LogP) is 2.18. The number of hydrogen-bond acceptors (Lipinski definition) is 2. The molecular formula is C14H17FNO5P2+. The van der Waals surface area contributed by atoms with Crippen molar-refractivity contribution in [1.82, 2.24) is 0 Å². The summed E-state index contributed by atoms with van der Waals surface area (Å²) in [5.41, 5.74) is 1.22. The Kier molecular flexibility index (Phi) is 5.19. The van der Waals surface area contributed by atoms with E-state index in [1.807, 2.05) is 0 Å². The van der Waals surface area contributed by atoms with Gasteiger partial charge in [-0.15, -0.1) is 0 Å². The molecule has 2 atom stereocenters. The van der Waals surface area contributed by atoms with E-state index in [2.05, 4.69) is 0 Å². The second-order valence-electron chi connectivity index (χ2n) is 5.32. The summed E-state index contributed by atoms with van der Waals surface area (Å²) in [5.74, 6) is -0.611. The zero-order chi connectivity index (χ0) is 17.3. The highest BCUT2D eigenvalue weighted by atomic mass is 31.2. The van der Waals surface area contributed by atoms with Crippen LogP contribution in [-0.2, 0) is 15.7 Å². The number of pyridine rings is 1. The third-order valence-electron chi connectivity index (χ3n) is 3.31. The zero-order valence-electron chi connectivity index (χ0n) is 12.3. The van der Waals surface area contributed by atoms with Crippen molar-refractivity contribution in [1.29, 1.82) is 0 Å². The van der Waals surface area contributed by atoms with Crippen LogP contribution in [0.15, 0.2) is 48.8 Å². The van der Waals surface area contributed by atoms with Gasteiger partial charge < -0.3 is 14.7 Å². The van der Waals surface area contributed by atoms with Gasteiger partial charge in [0.1, 0.15) is 0 Å². The third-order valence-corrected chi connectivity index (χ3v) is 7.71. The van der Waals surface area contributed by atoms with Crippen LogP contribution in [0.4, 0.5) is 4.39 Å². The van der Waals surface area contributed by atoms with Crippen LogP contribution < -0.4 is 4.57 Å². The second-order valence-corrected chi connectivity index (χ2v) is 10.0. The van der Waals surface area contributed by atoms with E-state index < -0.39 is 32.7 Å². The second kappa shape index (κ2) is 6.63. The van der Waals surface area contributed by atoms with Gasteiger partial charge in [-0.25, -0.2) is 8.96 Å². The van der Waals surface area contributed by atoms with Crippen LogP contribution >= 0.6 is 15.0 Å². The fourth-order valence-corrected chi connectivity index (χ4v) is 5.34. The molecule has 0 aliphatic heterocycles. The first kappa shape index (κ1) is 18.0. The van der Waals surface area contributed by atoms with Crippen LogP contribution in [0.3, 0.4) is 0 Å². The third kappa shape index (κ3) is 4.80. The maximum absolute atomic E-state index is 13.8. The number of benzene rings is 1. The molecule has 1 aromatic carbocycles. The van der Waals surface area contributed by atoms with Crippen molar-refractivity contribution in [3.8, 4) is 11.1 Å². The largest absolute Gasteiger partial charge is 0.344 e. The number of halogens is 1. The monoisotopic (exact) mass is 360 g/mol. The summed E-state index contributed by atoms with van der Waals surface area (Å²) < 4.78 is 38.2. The van der Waals surface area contributed by atoms with Gasteiger partial charge >= 0.3 is 7.60 Å². The van der Waals surface area contributed by atoms with E-state index in [0.29, 0.717) is 5.56 Å². The maximum Gasteiger partial charge on any atom is 0.344 e. The average Bonchev–Trinajstić information content (AvgIpc) is 2.43. The predicted molar refractivity (Wildman–Crippen MR) is 83.6 cm³/mol. The first-order chi connectivity index (χ1) is 10.6.